The summed E-state index contributed by atoms with van der Waals surface area (Å²) in [6, 6.07) is 1.02. The Labute approximate surface area is 106 Å². The minimum Gasteiger partial charge on any atom is -0.314 e. The number of hydrogen-bond donors (Lipinski definition) is 2. The van der Waals surface area contributed by atoms with E-state index in [0.717, 1.165) is 12.1 Å². The van der Waals surface area contributed by atoms with E-state index in [1.165, 1.54) is 0 Å². The molecule has 1 heterocycles. The van der Waals surface area contributed by atoms with Crippen LogP contribution in [0.1, 0.15) is 17.2 Å². The molecule has 0 aromatic heterocycles. The van der Waals surface area contributed by atoms with Crippen LogP contribution in [0.5, 0.6) is 0 Å². The normalized spacial score (nSPS) is 21.1. The van der Waals surface area contributed by atoms with Crippen LogP contribution in [0.15, 0.2) is 12.1 Å². The third-order valence-corrected chi connectivity index (χ3v) is 3.12. The van der Waals surface area contributed by atoms with E-state index in [1.807, 2.05) is 0 Å². The van der Waals surface area contributed by atoms with Crippen LogP contribution >= 0.6 is 11.6 Å². The first-order valence-electron chi connectivity index (χ1n) is 5.40. The Balaban J connectivity index is 2.50. The minimum atomic E-state index is -4.60. The molecule has 1 aliphatic rings. The van der Waals surface area contributed by atoms with Crippen LogP contribution in [0.4, 0.5) is 17.6 Å². The highest BCUT2D eigenvalue weighted by molar-refractivity contribution is 6.30. The molecule has 1 aliphatic heterocycles. The van der Waals surface area contributed by atoms with Gasteiger partial charge in [-0.1, -0.05) is 11.6 Å². The second-order valence-corrected chi connectivity index (χ2v) is 4.44. The van der Waals surface area contributed by atoms with E-state index in [9.17, 15) is 17.6 Å². The molecule has 1 atom stereocenters. The molecule has 2 N–H and O–H groups in total. The van der Waals surface area contributed by atoms with Crippen molar-refractivity contribution in [1.29, 1.82) is 0 Å². The lowest BCUT2D eigenvalue weighted by Gasteiger charge is -2.27. The van der Waals surface area contributed by atoms with Crippen LogP contribution in [0.25, 0.3) is 0 Å². The van der Waals surface area contributed by atoms with Gasteiger partial charge in [-0.2, -0.15) is 13.2 Å². The standard InChI is InChI=1S/C11H11ClF4N2/c12-7-2-1-6(11(14,15)16)9(10(7)13)8-5-17-3-4-18-8/h1-2,8,17-18H,3-5H2/t8-/m1/s1. The molecule has 7 heteroatoms. The highest BCUT2D eigenvalue weighted by Gasteiger charge is 2.37. The van der Waals surface area contributed by atoms with Crippen LogP contribution in [-0.2, 0) is 6.18 Å². The summed E-state index contributed by atoms with van der Waals surface area (Å²) in [5, 5.41) is 5.47. The highest BCUT2D eigenvalue weighted by atomic mass is 35.5. The summed E-state index contributed by atoms with van der Waals surface area (Å²) >= 11 is 5.56. The molecule has 1 saturated heterocycles. The van der Waals surface area contributed by atoms with Crippen molar-refractivity contribution in [2.75, 3.05) is 19.6 Å². The van der Waals surface area contributed by atoms with Gasteiger partial charge in [0.1, 0.15) is 5.82 Å². The number of piperazine rings is 1. The third-order valence-electron chi connectivity index (χ3n) is 2.83. The van der Waals surface area contributed by atoms with Gasteiger partial charge in [0.05, 0.1) is 10.6 Å². The summed E-state index contributed by atoms with van der Waals surface area (Å²) in [4.78, 5) is 0. The van der Waals surface area contributed by atoms with Crippen molar-refractivity contribution >= 4 is 11.6 Å². The number of benzene rings is 1. The zero-order valence-electron chi connectivity index (χ0n) is 9.24. The molecule has 0 amide bonds. The number of hydrogen-bond acceptors (Lipinski definition) is 2. The van der Waals surface area contributed by atoms with Crippen molar-refractivity contribution in [1.82, 2.24) is 10.6 Å². The van der Waals surface area contributed by atoms with Crippen LogP contribution in [0, 0.1) is 5.82 Å². The molecule has 1 aromatic carbocycles. The zero-order valence-corrected chi connectivity index (χ0v) is 10.00. The van der Waals surface area contributed by atoms with Crippen molar-refractivity contribution in [3.05, 3.63) is 34.1 Å². The molecule has 2 rings (SSSR count). The first kappa shape index (κ1) is 13.6. The van der Waals surface area contributed by atoms with E-state index < -0.39 is 29.2 Å². The van der Waals surface area contributed by atoms with Crippen LogP contribution in [0.2, 0.25) is 5.02 Å². The molecule has 1 fully saturated rings. The number of alkyl halides is 3. The van der Waals surface area contributed by atoms with Gasteiger partial charge in [-0.05, 0) is 12.1 Å². The molecule has 0 unspecified atom stereocenters. The second kappa shape index (κ2) is 5.03. The summed E-state index contributed by atoms with van der Waals surface area (Å²) in [5.74, 6) is -1.01. The Morgan fingerprint density at radius 2 is 1.94 bits per heavy atom. The topological polar surface area (TPSA) is 24.1 Å². The molecule has 2 nitrogen and oxygen atoms in total. The summed E-state index contributed by atoms with van der Waals surface area (Å²) in [5.41, 5.74) is -1.40. The Bertz CT molecular complexity index is 441. The van der Waals surface area contributed by atoms with Crippen LogP contribution in [-0.4, -0.2) is 19.6 Å². The van der Waals surface area contributed by atoms with Gasteiger partial charge in [0.25, 0.3) is 0 Å². The maximum atomic E-state index is 13.9. The van der Waals surface area contributed by atoms with Crippen molar-refractivity contribution in [2.24, 2.45) is 0 Å². The maximum Gasteiger partial charge on any atom is 0.416 e. The molecular weight excluding hydrogens is 272 g/mol. The Morgan fingerprint density at radius 3 is 2.50 bits per heavy atom. The summed E-state index contributed by atoms with van der Waals surface area (Å²) in [6.07, 6.45) is -4.60. The van der Waals surface area contributed by atoms with Gasteiger partial charge < -0.3 is 10.6 Å². The smallest absolute Gasteiger partial charge is 0.314 e. The van der Waals surface area contributed by atoms with E-state index in [2.05, 4.69) is 10.6 Å². The fourth-order valence-corrected chi connectivity index (χ4v) is 2.18. The quantitative estimate of drug-likeness (QED) is 0.774. The highest BCUT2D eigenvalue weighted by Crippen LogP contribution is 2.38. The number of halogens is 5. The molecule has 18 heavy (non-hydrogen) atoms. The molecule has 0 radical (unpaired) electrons. The van der Waals surface area contributed by atoms with Crippen LogP contribution in [0.3, 0.4) is 0 Å². The summed E-state index contributed by atoms with van der Waals surface area (Å²) < 4.78 is 52.4. The number of rotatable bonds is 1. The van der Waals surface area contributed by atoms with Gasteiger partial charge in [-0.3, -0.25) is 0 Å². The first-order chi connectivity index (χ1) is 8.41. The fourth-order valence-electron chi connectivity index (χ4n) is 2.01. The summed E-state index contributed by atoms with van der Waals surface area (Å²) in [6.45, 7) is 1.36. The third kappa shape index (κ3) is 2.60. The molecule has 0 saturated carbocycles. The van der Waals surface area contributed by atoms with Crippen LogP contribution < -0.4 is 10.6 Å². The SMILES string of the molecule is Fc1c(Cl)ccc(C(F)(F)F)c1[C@H]1CNCCN1. The van der Waals surface area contributed by atoms with Gasteiger partial charge >= 0.3 is 6.18 Å². The lowest BCUT2D eigenvalue weighted by molar-refractivity contribution is -0.138. The van der Waals surface area contributed by atoms with E-state index in [-0.39, 0.29) is 11.6 Å². The van der Waals surface area contributed by atoms with Crippen molar-refractivity contribution in [3.8, 4) is 0 Å². The monoisotopic (exact) mass is 282 g/mol. The van der Waals surface area contributed by atoms with Crippen molar-refractivity contribution in [3.63, 3.8) is 0 Å². The lowest BCUT2D eigenvalue weighted by atomic mass is 9.98. The van der Waals surface area contributed by atoms with Gasteiger partial charge in [-0.25, -0.2) is 4.39 Å². The van der Waals surface area contributed by atoms with Crippen molar-refractivity contribution < 1.29 is 17.6 Å². The van der Waals surface area contributed by atoms with Gasteiger partial charge in [0.15, 0.2) is 0 Å². The van der Waals surface area contributed by atoms with E-state index in [1.54, 1.807) is 0 Å². The summed E-state index contributed by atoms with van der Waals surface area (Å²) in [7, 11) is 0. The van der Waals surface area contributed by atoms with E-state index in [0.29, 0.717) is 13.1 Å². The molecule has 0 bridgehead atoms. The van der Waals surface area contributed by atoms with Gasteiger partial charge in [-0.15, -0.1) is 0 Å². The van der Waals surface area contributed by atoms with E-state index in [4.69, 9.17) is 11.6 Å². The average Bonchev–Trinajstić information content (AvgIpc) is 2.32. The second-order valence-electron chi connectivity index (χ2n) is 4.03. The Morgan fingerprint density at radius 1 is 1.22 bits per heavy atom. The van der Waals surface area contributed by atoms with E-state index >= 15 is 0 Å². The van der Waals surface area contributed by atoms with Gasteiger partial charge in [0, 0.05) is 31.2 Å². The largest absolute Gasteiger partial charge is 0.416 e. The van der Waals surface area contributed by atoms with Crippen molar-refractivity contribution in [2.45, 2.75) is 12.2 Å². The zero-order chi connectivity index (χ0) is 13.3. The fraction of sp³-hybridized carbons (Fsp3) is 0.455. The lowest BCUT2D eigenvalue weighted by Crippen LogP contribution is -2.43. The average molecular weight is 283 g/mol. The molecular formula is C11H11ClF4N2. The first-order valence-corrected chi connectivity index (χ1v) is 5.78. The Hall–Kier alpha value is -0.850. The molecule has 0 aliphatic carbocycles. The molecule has 100 valence electrons. The molecule has 0 spiro atoms. The predicted molar refractivity (Wildman–Crippen MR) is 60.0 cm³/mol. The minimum absolute atomic E-state index is 0.236. The predicted octanol–water partition coefficient (Wildman–Crippen LogP) is 2.73. The molecule has 1 aromatic rings. The maximum absolute atomic E-state index is 13.9. The number of nitrogens with one attached hydrogen (secondary N) is 2. The Kier molecular flexibility index (Phi) is 3.79. The van der Waals surface area contributed by atoms with Gasteiger partial charge in [0.2, 0.25) is 0 Å².